The molecule has 0 unspecified atom stereocenters. The summed E-state index contributed by atoms with van der Waals surface area (Å²) in [6.07, 6.45) is 0.483. The quantitative estimate of drug-likeness (QED) is 0.622. The lowest BCUT2D eigenvalue weighted by Gasteiger charge is -2.24. The standard InChI is InChI=1S/C19H18ClFN6O3S/c1-2-18-23-25-27(24-18)15-8-16-17(7-13(15)21)31(29,30)10-14(22)19(28)26(16)9-11-3-5-12(20)6-4-11/h3-8,14H,2,9-10,22H2,1H3/t14-/m0/s1. The van der Waals surface area contributed by atoms with Gasteiger partial charge in [-0.25, -0.2) is 12.8 Å². The minimum Gasteiger partial charge on any atom is -0.319 e. The molecule has 3 aromatic rings. The zero-order chi connectivity index (χ0) is 22.3. The highest BCUT2D eigenvalue weighted by atomic mass is 35.5. The Balaban J connectivity index is 1.90. The van der Waals surface area contributed by atoms with E-state index >= 15 is 0 Å². The molecule has 0 spiro atoms. The maximum absolute atomic E-state index is 14.9. The van der Waals surface area contributed by atoms with Gasteiger partial charge in [-0.1, -0.05) is 30.7 Å². The van der Waals surface area contributed by atoms with Gasteiger partial charge in [0.15, 0.2) is 21.5 Å². The summed E-state index contributed by atoms with van der Waals surface area (Å²) in [5, 5.41) is 12.2. The van der Waals surface area contributed by atoms with Crippen molar-refractivity contribution in [3.63, 3.8) is 0 Å². The predicted molar refractivity (Wildman–Crippen MR) is 111 cm³/mol. The molecule has 0 fully saturated rings. The summed E-state index contributed by atoms with van der Waals surface area (Å²) < 4.78 is 40.6. The highest BCUT2D eigenvalue weighted by Crippen LogP contribution is 2.34. The Bertz CT molecular complexity index is 1260. The van der Waals surface area contributed by atoms with Crippen molar-refractivity contribution in [2.75, 3.05) is 10.7 Å². The largest absolute Gasteiger partial charge is 0.319 e. The van der Waals surface area contributed by atoms with Crippen LogP contribution in [0.25, 0.3) is 5.69 Å². The molecule has 0 saturated carbocycles. The van der Waals surface area contributed by atoms with Crippen molar-refractivity contribution >= 4 is 33.0 Å². The van der Waals surface area contributed by atoms with Gasteiger partial charge < -0.3 is 10.6 Å². The number of fused-ring (bicyclic) bond motifs is 1. The summed E-state index contributed by atoms with van der Waals surface area (Å²) in [4.78, 5) is 14.9. The topological polar surface area (TPSA) is 124 Å². The molecule has 0 saturated heterocycles. The van der Waals surface area contributed by atoms with Crippen LogP contribution >= 0.6 is 11.6 Å². The highest BCUT2D eigenvalue weighted by molar-refractivity contribution is 7.91. The monoisotopic (exact) mass is 464 g/mol. The van der Waals surface area contributed by atoms with E-state index < -0.39 is 33.4 Å². The molecule has 12 heteroatoms. The first kappa shape index (κ1) is 21.3. The predicted octanol–water partition coefficient (Wildman–Crippen LogP) is 1.67. The first-order valence-electron chi connectivity index (χ1n) is 9.36. The molecule has 0 radical (unpaired) electrons. The fraction of sp³-hybridized carbons (Fsp3) is 0.263. The normalized spacial score (nSPS) is 18.0. The van der Waals surface area contributed by atoms with Gasteiger partial charge in [0, 0.05) is 11.4 Å². The Hall–Kier alpha value is -2.89. The number of nitrogens with two attached hydrogens (primary N) is 1. The number of benzene rings is 2. The first-order valence-corrected chi connectivity index (χ1v) is 11.4. The van der Waals surface area contributed by atoms with Crippen molar-refractivity contribution < 1.29 is 17.6 Å². The summed E-state index contributed by atoms with van der Waals surface area (Å²) in [5.74, 6) is -1.71. The second-order valence-corrected chi connectivity index (χ2v) is 9.50. The molecule has 2 heterocycles. The first-order chi connectivity index (χ1) is 14.7. The van der Waals surface area contributed by atoms with Gasteiger partial charge in [0.2, 0.25) is 5.91 Å². The number of rotatable bonds is 4. The number of nitrogens with zero attached hydrogens (tertiary/aromatic N) is 5. The Labute approximate surface area is 182 Å². The number of carbonyl (C=O) groups is 1. The van der Waals surface area contributed by atoms with Crippen LogP contribution in [0, 0.1) is 5.82 Å². The molecule has 1 aliphatic heterocycles. The lowest BCUT2D eigenvalue weighted by Crippen LogP contribution is -2.45. The average molecular weight is 465 g/mol. The minimum atomic E-state index is -4.03. The summed E-state index contributed by atoms with van der Waals surface area (Å²) in [6, 6.07) is 7.52. The van der Waals surface area contributed by atoms with Crippen LogP contribution in [-0.2, 0) is 27.6 Å². The third-order valence-electron chi connectivity index (χ3n) is 4.88. The lowest BCUT2D eigenvalue weighted by molar-refractivity contribution is -0.119. The molecule has 162 valence electrons. The number of aryl methyl sites for hydroxylation is 1. The zero-order valence-corrected chi connectivity index (χ0v) is 17.9. The molecular formula is C19H18ClFN6O3S. The second kappa shape index (κ2) is 7.98. The number of hydrogen-bond donors (Lipinski definition) is 1. The smallest absolute Gasteiger partial charge is 0.245 e. The third-order valence-corrected chi connectivity index (χ3v) is 6.92. The number of hydrogen-bond acceptors (Lipinski definition) is 7. The van der Waals surface area contributed by atoms with Crippen LogP contribution in [0.15, 0.2) is 41.3 Å². The molecule has 1 atom stereocenters. The minimum absolute atomic E-state index is 0.000325. The van der Waals surface area contributed by atoms with E-state index in [1.807, 2.05) is 6.92 Å². The molecule has 1 aliphatic rings. The number of carbonyl (C=O) groups excluding carboxylic acids is 1. The average Bonchev–Trinajstić information content (AvgIpc) is 3.19. The lowest BCUT2D eigenvalue weighted by atomic mass is 10.1. The highest BCUT2D eigenvalue weighted by Gasteiger charge is 2.37. The Morgan fingerprint density at radius 2 is 1.94 bits per heavy atom. The molecule has 2 N–H and O–H groups in total. The van der Waals surface area contributed by atoms with Gasteiger partial charge in [-0.2, -0.15) is 0 Å². The van der Waals surface area contributed by atoms with E-state index in [0.717, 1.165) is 10.9 Å². The molecule has 2 aromatic carbocycles. The van der Waals surface area contributed by atoms with Crippen LogP contribution in [-0.4, -0.2) is 46.3 Å². The number of halogens is 2. The van der Waals surface area contributed by atoms with Gasteiger partial charge in [-0.15, -0.1) is 15.0 Å². The number of amides is 1. The van der Waals surface area contributed by atoms with E-state index in [9.17, 15) is 17.6 Å². The Morgan fingerprint density at radius 1 is 1.23 bits per heavy atom. The van der Waals surface area contributed by atoms with Gasteiger partial charge in [0.1, 0.15) is 5.69 Å². The molecule has 0 aliphatic carbocycles. The summed E-state index contributed by atoms with van der Waals surface area (Å²) in [6.45, 7) is 1.83. The van der Waals surface area contributed by atoms with Crippen LogP contribution in [0.4, 0.5) is 10.1 Å². The van der Waals surface area contributed by atoms with Crippen LogP contribution < -0.4 is 10.6 Å². The van der Waals surface area contributed by atoms with Crippen molar-refractivity contribution in [3.8, 4) is 5.69 Å². The molecule has 1 aromatic heterocycles. The SMILES string of the molecule is CCc1nnn(-c2cc3c(cc2F)S(=O)(=O)C[C@H](N)C(=O)N3Cc2ccc(Cl)cc2)n1. The Kier molecular flexibility index (Phi) is 5.50. The zero-order valence-electron chi connectivity index (χ0n) is 16.4. The third kappa shape index (κ3) is 4.03. The van der Waals surface area contributed by atoms with Gasteiger partial charge >= 0.3 is 0 Å². The van der Waals surface area contributed by atoms with Crippen molar-refractivity contribution in [1.29, 1.82) is 0 Å². The van der Waals surface area contributed by atoms with Crippen LogP contribution in [0.1, 0.15) is 18.3 Å². The molecule has 1 amide bonds. The van der Waals surface area contributed by atoms with Gasteiger partial charge in [0.05, 0.1) is 28.9 Å². The van der Waals surface area contributed by atoms with Crippen LogP contribution in [0.3, 0.4) is 0 Å². The maximum Gasteiger partial charge on any atom is 0.245 e. The van der Waals surface area contributed by atoms with Gasteiger partial charge in [-0.3, -0.25) is 4.79 Å². The Morgan fingerprint density at radius 3 is 2.58 bits per heavy atom. The van der Waals surface area contributed by atoms with E-state index in [0.29, 0.717) is 22.8 Å². The molecule has 9 nitrogen and oxygen atoms in total. The second-order valence-electron chi connectivity index (χ2n) is 7.06. The fourth-order valence-corrected chi connectivity index (χ4v) is 4.98. The molecule has 0 bridgehead atoms. The molecular weight excluding hydrogens is 447 g/mol. The van der Waals surface area contributed by atoms with Crippen LogP contribution in [0.5, 0.6) is 0 Å². The summed E-state index contributed by atoms with van der Waals surface area (Å²) in [7, 11) is -4.03. The van der Waals surface area contributed by atoms with E-state index in [4.69, 9.17) is 17.3 Å². The van der Waals surface area contributed by atoms with Crippen molar-refractivity contribution in [1.82, 2.24) is 20.2 Å². The van der Waals surface area contributed by atoms with Crippen molar-refractivity contribution in [2.24, 2.45) is 5.73 Å². The van der Waals surface area contributed by atoms with Gasteiger partial charge in [-0.05, 0) is 35.0 Å². The number of tetrazole rings is 1. The maximum atomic E-state index is 14.9. The molecule has 31 heavy (non-hydrogen) atoms. The number of anilines is 1. The summed E-state index contributed by atoms with van der Waals surface area (Å²) in [5.41, 5.74) is 6.44. The number of sulfone groups is 1. The molecule has 4 rings (SSSR count). The van der Waals surface area contributed by atoms with Crippen LogP contribution in [0.2, 0.25) is 5.02 Å². The van der Waals surface area contributed by atoms with Gasteiger partial charge in [0.25, 0.3) is 0 Å². The van der Waals surface area contributed by atoms with Crippen molar-refractivity contribution in [2.45, 2.75) is 30.8 Å². The van der Waals surface area contributed by atoms with Crippen molar-refractivity contribution in [3.05, 3.63) is 58.6 Å². The summed E-state index contributed by atoms with van der Waals surface area (Å²) >= 11 is 5.93. The number of aromatic nitrogens is 4. The van der Waals surface area contributed by atoms with E-state index in [1.54, 1.807) is 24.3 Å². The fourth-order valence-electron chi connectivity index (χ4n) is 3.28. The van der Waals surface area contributed by atoms with E-state index in [-0.39, 0.29) is 22.8 Å². The van der Waals surface area contributed by atoms with E-state index in [1.165, 1.54) is 11.0 Å². The van der Waals surface area contributed by atoms with E-state index in [2.05, 4.69) is 15.4 Å².